The lowest BCUT2D eigenvalue weighted by Crippen LogP contribution is -2.30. The Balaban J connectivity index is 4.44. The molecule has 0 saturated heterocycles. The number of esters is 3. The van der Waals surface area contributed by atoms with Gasteiger partial charge in [0, 0.05) is 19.3 Å². The Bertz CT molecular complexity index is 1370. The predicted molar refractivity (Wildman–Crippen MR) is 307 cm³/mol. The summed E-state index contributed by atoms with van der Waals surface area (Å²) in [6.07, 6.45) is 77.2. The quantitative estimate of drug-likeness (QED) is 0.0261. The molecule has 0 radical (unpaired) electrons. The normalized spacial score (nSPS) is 12.7. The summed E-state index contributed by atoms with van der Waals surface area (Å²) < 4.78 is 16.9. The van der Waals surface area contributed by atoms with Gasteiger partial charge in [-0.15, -0.1) is 0 Å². The van der Waals surface area contributed by atoms with Gasteiger partial charge in [-0.25, -0.2) is 0 Å². The van der Waals surface area contributed by atoms with E-state index in [1.54, 1.807) is 0 Å². The predicted octanol–water partition coefficient (Wildman–Crippen LogP) is 20.3. The van der Waals surface area contributed by atoms with E-state index in [0.717, 1.165) is 122 Å². The van der Waals surface area contributed by atoms with Crippen LogP contribution in [0, 0.1) is 0 Å². The average molecular weight is 990 g/mol. The Morgan fingerprint density at radius 1 is 0.296 bits per heavy atom. The molecule has 0 aliphatic rings. The maximum absolute atomic E-state index is 12.9. The standard InChI is InChI=1S/C65H112O6/c1-4-7-10-13-16-19-22-25-28-31-32-35-37-40-43-46-49-52-55-58-64(67)70-61-62(71-65(68)59-56-53-50-47-44-41-38-34-30-27-24-21-18-15-12-9-6-3)60-69-63(66)57-54-51-48-45-42-39-36-33-29-26-23-20-17-14-11-8-5-2/h8,11,17-18,20-21,26-27,29-30,36,38-39,41,62H,4-7,9-10,12-16,19,22-25,28,31-35,37,40,42-61H2,1-3H3/b11-8-,20-17-,21-18-,29-26-,30-27-,39-36-,41-38-/t62-/m1/s1. The van der Waals surface area contributed by atoms with Crippen LogP contribution in [0.1, 0.15) is 290 Å². The van der Waals surface area contributed by atoms with Crippen molar-refractivity contribution in [2.75, 3.05) is 13.2 Å². The largest absolute Gasteiger partial charge is 0.462 e. The zero-order valence-corrected chi connectivity index (χ0v) is 46.7. The van der Waals surface area contributed by atoms with Gasteiger partial charge >= 0.3 is 17.9 Å². The molecule has 0 N–H and O–H groups in total. The third-order valence-corrected chi connectivity index (χ3v) is 12.9. The molecule has 408 valence electrons. The summed E-state index contributed by atoms with van der Waals surface area (Å²) in [4.78, 5) is 38.2. The maximum Gasteiger partial charge on any atom is 0.306 e. The van der Waals surface area contributed by atoms with Crippen molar-refractivity contribution in [1.29, 1.82) is 0 Å². The minimum absolute atomic E-state index is 0.0917. The van der Waals surface area contributed by atoms with Crippen LogP contribution in [0.2, 0.25) is 0 Å². The van der Waals surface area contributed by atoms with Crippen LogP contribution in [0.4, 0.5) is 0 Å². The van der Waals surface area contributed by atoms with Gasteiger partial charge in [-0.1, -0.05) is 260 Å². The Morgan fingerprint density at radius 3 is 0.887 bits per heavy atom. The maximum atomic E-state index is 12.9. The van der Waals surface area contributed by atoms with Crippen molar-refractivity contribution in [2.45, 2.75) is 297 Å². The number of hydrogen-bond acceptors (Lipinski definition) is 6. The van der Waals surface area contributed by atoms with E-state index in [-0.39, 0.29) is 31.1 Å². The number of carbonyl (C=O) groups excluding carboxylic acids is 3. The third-order valence-electron chi connectivity index (χ3n) is 12.9. The minimum atomic E-state index is -0.799. The molecule has 0 unspecified atom stereocenters. The Hall–Kier alpha value is -3.41. The second-order valence-corrected chi connectivity index (χ2v) is 19.9. The first-order valence-electron chi connectivity index (χ1n) is 30.1. The molecule has 0 aliphatic heterocycles. The van der Waals surface area contributed by atoms with Gasteiger partial charge in [0.05, 0.1) is 0 Å². The molecule has 0 rings (SSSR count). The Morgan fingerprint density at radius 2 is 0.549 bits per heavy atom. The highest BCUT2D eigenvalue weighted by Gasteiger charge is 2.19. The smallest absolute Gasteiger partial charge is 0.306 e. The highest BCUT2D eigenvalue weighted by molar-refractivity contribution is 5.71. The molecule has 0 amide bonds. The molecule has 0 fully saturated rings. The van der Waals surface area contributed by atoms with Crippen molar-refractivity contribution in [3.63, 3.8) is 0 Å². The number of ether oxygens (including phenoxy) is 3. The third kappa shape index (κ3) is 57.4. The van der Waals surface area contributed by atoms with Gasteiger partial charge in [-0.2, -0.15) is 0 Å². The number of rotatable bonds is 54. The second-order valence-electron chi connectivity index (χ2n) is 19.9. The molecular formula is C65H112O6. The molecule has 1 atom stereocenters. The van der Waals surface area contributed by atoms with Crippen molar-refractivity contribution in [3.05, 3.63) is 85.1 Å². The van der Waals surface area contributed by atoms with Crippen LogP contribution in [-0.2, 0) is 28.6 Å². The van der Waals surface area contributed by atoms with E-state index in [9.17, 15) is 14.4 Å². The van der Waals surface area contributed by atoms with Crippen LogP contribution >= 0.6 is 0 Å². The highest BCUT2D eigenvalue weighted by atomic mass is 16.6. The summed E-state index contributed by atoms with van der Waals surface area (Å²) >= 11 is 0. The molecule has 0 spiro atoms. The molecule has 0 bridgehead atoms. The molecule has 6 heteroatoms. The summed E-state index contributed by atoms with van der Waals surface area (Å²) in [6.45, 7) is 6.49. The summed E-state index contributed by atoms with van der Waals surface area (Å²) in [5.74, 6) is -0.928. The summed E-state index contributed by atoms with van der Waals surface area (Å²) in [5.41, 5.74) is 0. The molecular weight excluding hydrogens is 877 g/mol. The minimum Gasteiger partial charge on any atom is -0.462 e. The lowest BCUT2D eigenvalue weighted by atomic mass is 10.0. The average Bonchev–Trinajstić information content (AvgIpc) is 3.37. The zero-order valence-electron chi connectivity index (χ0n) is 46.7. The number of allylic oxidation sites excluding steroid dienone is 14. The van der Waals surface area contributed by atoms with E-state index in [1.165, 1.54) is 128 Å². The fourth-order valence-electron chi connectivity index (χ4n) is 8.38. The molecule has 0 aromatic heterocycles. The lowest BCUT2D eigenvalue weighted by molar-refractivity contribution is -0.167. The molecule has 0 aromatic rings. The molecule has 6 nitrogen and oxygen atoms in total. The van der Waals surface area contributed by atoms with E-state index >= 15 is 0 Å². The van der Waals surface area contributed by atoms with Crippen LogP contribution in [0.3, 0.4) is 0 Å². The van der Waals surface area contributed by atoms with Crippen LogP contribution < -0.4 is 0 Å². The van der Waals surface area contributed by atoms with Crippen molar-refractivity contribution in [2.24, 2.45) is 0 Å². The van der Waals surface area contributed by atoms with Crippen molar-refractivity contribution < 1.29 is 28.6 Å². The van der Waals surface area contributed by atoms with Crippen molar-refractivity contribution in [3.8, 4) is 0 Å². The molecule has 0 heterocycles. The Kier molecular flexibility index (Phi) is 56.3. The van der Waals surface area contributed by atoms with E-state index in [4.69, 9.17) is 14.2 Å². The molecule has 0 aliphatic carbocycles. The van der Waals surface area contributed by atoms with E-state index in [2.05, 4.69) is 106 Å². The number of hydrogen-bond donors (Lipinski definition) is 0. The van der Waals surface area contributed by atoms with Crippen LogP contribution in [0.25, 0.3) is 0 Å². The number of carbonyl (C=O) groups is 3. The fraction of sp³-hybridized carbons (Fsp3) is 0.738. The summed E-state index contributed by atoms with van der Waals surface area (Å²) in [6, 6.07) is 0. The van der Waals surface area contributed by atoms with Crippen LogP contribution in [0.5, 0.6) is 0 Å². The summed E-state index contributed by atoms with van der Waals surface area (Å²) in [7, 11) is 0. The van der Waals surface area contributed by atoms with Crippen LogP contribution in [-0.4, -0.2) is 37.2 Å². The lowest BCUT2D eigenvalue weighted by Gasteiger charge is -2.18. The fourth-order valence-corrected chi connectivity index (χ4v) is 8.38. The van der Waals surface area contributed by atoms with E-state index < -0.39 is 6.10 Å². The van der Waals surface area contributed by atoms with Gasteiger partial charge in [0.1, 0.15) is 13.2 Å². The van der Waals surface area contributed by atoms with Gasteiger partial charge in [0.15, 0.2) is 6.10 Å². The highest BCUT2D eigenvalue weighted by Crippen LogP contribution is 2.16. The van der Waals surface area contributed by atoms with Gasteiger partial charge in [0.2, 0.25) is 0 Å². The van der Waals surface area contributed by atoms with Gasteiger partial charge < -0.3 is 14.2 Å². The first-order chi connectivity index (χ1) is 35.0. The van der Waals surface area contributed by atoms with Gasteiger partial charge in [-0.05, 0) is 96.3 Å². The van der Waals surface area contributed by atoms with E-state index in [1.807, 2.05) is 0 Å². The first-order valence-corrected chi connectivity index (χ1v) is 30.1. The molecule has 0 aromatic carbocycles. The molecule has 0 saturated carbocycles. The van der Waals surface area contributed by atoms with Gasteiger partial charge in [0.25, 0.3) is 0 Å². The van der Waals surface area contributed by atoms with Gasteiger partial charge in [-0.3, -0.25) is 14.4 Å². The topological polar surface area (TPSA) is 78.9 Å². The van der Waals surface area contributed by atoms with Crippen molar-refractivity contribution in [1.82, 2.24) is 0 Å². The number of unbranched alkanes of at least 4 members (excludes halogenated alkanes) is 29. The second kappa shape index (κ2) is 59.2. The Labute approximate surface area is 439 Å². The first kappa shape index (κ1) is 67.6. The molecule has 71 heavy (non-hydrogen) atoms. The monoisotopic (exact) mass is 989 g/mol. The summed E-state index contributed by atoms with van der Waals surface area (Å²) in [5, 5.41) is 0. The van der Waals surface area contributed by atoms with Crippen molar-refractivity contribution >= 4 is 17.9 Å². The van der Waals surface area contributed by atoms with E-state index in [0.29, 0.717) is 19.3 Å². The zero-order chi connectivity index (χ0) is 51.4. The van der Waals surface area contributed by atoms with Crippen LogP contribution in [0.15, 0.2) is 85.1 Å². The SMILES string of the molecule is CC/C=C\C/C=C\C/C=C\C/C=C\CCCCCCC(=O)OC[C@H](COC(=O)CCCCCCCCCCCCCCCCCCCCC)OC(=O)CCCCCC/C=C\C/C=C\C/C=C\CCCCC.